The van der Waals surface area contributed by atoms with E-state index in [0.29, 0.717) is 37.0 Å². The van der Waals surface area contributed by atoms with Crippen LogP contribution in [-0.2, 0) is 9.59 Å². The second kappa shape index (κ2) is 7.44. The van der Waals surface area contributed by atoms with E-state index in [4.69, 9.17) is 9.84 Å². The number of carboxylic acid groups (broad SMARTS) is 1. The Bertz CT molecular complexity index is 582. The van der Waals surface area contributed by atoms with Crippen LogP contribution in [0.15, 0.2) is 18.2 Å². The zero-order valence-electron chi connectivity index (χ0n) is 13.3. The zero-order valence-corrected chi connectivity index (χ0v) is 13.3. The number of hydrogen-bond acceptors (Lipinski definition) is 3. The Hall–Kier alpha value is -2.11. The van der Waals surface area contributed by atoms with Crippen LogP contribution in [0.1, 0.15) is 44.2 Å². The van der Waals surface area contributed by atoms with Gasteiger partial charge in [-0.25, -0.2) is 4.39 Å². The summed E-state index contributed by atoms with van der Waals surface area (Å²) in [5.41, 5.74) is 0.583. The average Bonchev–Trinajstić information content (AvgIpc) is 2.54. The number of ether oxygens (including phenoxy) is 1. The molecule has 0 spiro atoms. The monoisotopic (exact) mass is 323 g/mol. The van der Waals surface area contributed by atoms with Gasteiger partial charge in [0.05, 0.1) is 19.1 Å². The van der Waals surface area contributed by atoms with Gasteiger partial charge in [0.25, 0.3) is 0 Å². The molecule has 6 heteroatoms. The summed E-state index contributed by atoms with van der Waals surface area (Å²) < 4.78 is 18.6. The van der Waals surface area contributed by atoms with Crippen LogP contribution in [0, 0.1) is 17.7 Å². The number of amides is 1. The fraction of sp³-hybridized carbons (Fsp3) is 0.529. The maximum absolute atomic E-state index is 13.4. The van der Waals surface area contributed by atoms with E-state index in [2.05, 4.69) is 5.32 Å². The fourth-order valence-corrected chi connectivity index (χ4v) is 3.06. The molecule has 0 heterocycles. The SMILES string of the molecule is COc1ccc(F)cc1C(C)NC(=O)C1CCC(C(=O)O)CC1. The number of nitrogens with one attached hydrogen (secondary N) is 1. The summed E-state index contributed by atoms with van der Waals surface area (Å²) in [6.07, 6.45) is 2.17. The van der Waals surface area contributed by atoms with Crippen molar-refractivity contribution in [2.45, 2.75) is 38.6 Å². The van der Waals surface area contributed by atoms with Gasteiger partial charge >= 0.3 is 5.97 Å². The van der Waals surface area contributed by atoms with E-state index in [9.17, 15) is 14.0 Å². The van der Waals surface area contributed by atoms with E-state index in [1.807, 2.05) is 0 Å². The second-order valence-corrected chi connectivity index (χ2v) is 6.00. The summed E-state index contributed by atoms with van der Waals surface area (Å²) in [7, 11) is 1.50. The molecular formula is C17H22FNO4. The van der Waals surface area contributed by atoms with Crippen LogP contribution in [0.3, 0.4) is 0 Å². The first-order valence-electron chi connectivity index (χ1n) is 7.79. The minimum absolute atomic E-state index is 0.118. The quantitative estimate of drug-likeness (QED) is 0.873. The molecule has 23 heavy (non-hydrogen) atoms. The van der Waals surface area contributed by atoms with Crippen LogP contribution in [0.5, 0.6) is 5.75 Å². The Kier molecular flexibility index (Phi) is 5.58. The van der Waals surface area contributed by atoms with Crippen molar-refractivity contribution in [2.24, 2.45) is 11.8 Å². The summed E-state index contributed by atoms with van der Waals surface area (Å²) in [6, 6.07) is 3.81. The van der Waals surface area contributed by atoms with Gasteiger partial charge in [-0.3, -0.25) is 9.59 Å². The minimum atomic E-state index is -0.790. The first-order chi connectivity index (χ1) is 10.9. The highest BCUT2D eigenvalue weighted by atomic mass is 19.1. The van der Waals surface area contributed by atoms with Gasteiger partial charge in [-0.15, -0.1) is 0 Å². The fourth-order valence-electron chi connectivity index (χ4n) is 3.06. The molecule has 0 aliphatic heterocycles. The molecule has 1 aromatic rings. The van der Waals surface area contributed by atoms with Crippen molar-refractivity contribution >= 4 is 11.9 Å². The molecule has 126 valence electrons. The number of benzene rings is 1. The first-order valence-corrected chi connectivity index (χ1v) is 7.79. The van der Waals surface area contributed by atoms with E-state index < -0.39 is 5.97 Å². The third-order valence-electron chi connectivity index (χ3n) is 4.46. The lowest BCUT2D eigenvalue weighted by Crippen LogP contribution is -2.35. The highest BCUT2D eigenvalue weighted by molar-refractivity contribution is 5.79. The van der Waals surface area contributed by atoms with Crippen LogP contribution in [0.25, 0.3) is 0 Å². The molecular weight excluding hydrogens is 301 g/mol. The first kappa shape index (κ1) is 17.2. The maximum Gasteiger partial charge on any atom is 0.306 e. The Morgan fingerprint density at radius 1 is 1.26 bits per heavy atom. The molecule has 0 radical (unpaired) electrons. The number of halogens is 1. The third kappa shape index (κ3) is 4.21. The average molecular weight is 323 g/mol. The number of aliphatic carboxylic acids is 1. The van der Waals surface area contributed by atoms with Gasteiger partial charge in [0.15, 0.2) is 0 Å². The highest BCUT2D eigenvalue weighted by Crippen LogP contribution is 2.31. The molecule has 5 nitrogen and oxygen atoms in total. The summed E-state index contributed by atoms with van der Waals surface area (Å²) >= 11 is 0. The van der Waals surface area contributed by atoms with Crippen LogP contribution in [-0.4, -0.2) is 24.1 Å². The number of methoxy groups -OCH3 is 1. The van der Waals surface area contributed by atoms with Gasteiger partial charge < -0.3 is 15.2 Å². The van der Waals surface area contributed by atoms with Crippen molar-refractivity contribution in [1.29, 1.82) is 0 Å². The Morgan fingerprint density at radius 2 is 1.87 bits per heavy atom. The largest absolute Gasteiger partial charge is 0.496 e. The predicted molar refractivity (Wildman–Crippen MR) is 82.6 cm³/mol. The van der Waals surface area contributed by atoms with E-state index in [1.165, 1.54) is 25.3 Å². The summed E-state index contributed by atoms with van der Waals surface area (Å²) in [5.74, 6) is -1.31. The van der Waals surface area contributed by atoms with Crippen LogP contribution >= 0.6 is 0 Å². The van der Waals surface area contributed by atoms with Gasteiger partial charge in [-0.05, 0) is 50.8 Å². The number of carbonyl (C=O) groups excluding carboxylic acids is 1. The zero-order chi connectivity index (χ0) is 17.0. The number of hydrogen-bond donors (Lipinski definition) is 2. The Labute approximate surface area is 134 Å². The molecule has 1 aromatic carbocycles. The van der Waals surface area contributed by atoms with E-state index in [0.717, 1.165) is 0 Å². The van der Waals surface area contributed by atoms with E-state index in [-0.39, 0.29) is 29.6 Å². The lowest BCUT2D eigenvalue weighted by atomic mass is 9.81. The molecule has 0 saturated heterocycles. The molecule has 0 aromatic heterocycles. The minimum Gasteiger partial charge on any atom is -0.496 e. The van der Waals surface area contributed by atoms with Crippen LogP contribution in [0.2, 0.25) is 0 Å². The van der Waals surface area contributed by atoms with E-state index >= 15 is 0 Å². The summed E-state index contributed by atoms with van der Waals surface area (Å²) in [4.78, 5) is 23.3. The Balaban J connectivity index is 1.98. The van der Waals surface area contributed by atoms with Crippen molar-refractivity contribution in [3.8, 4) is 5.75 Å². The van der Waals surface area contributed by atoms with Crippen molar-refractivity contribution in [2.75, 3.05) is 7.11 Å². The summed E-state index contributed by atoms with van der Waals surface area (Å²) in [6.45, 7) is 1.78. The van der Waals surface area contributed by atoms with Crippen molar-refractivity contribution < 1.29 is 23.8 Å². The molecule has 1 unspecified atom stereocenters. The lowest BCUT2D eigenvalue weighted by molar-refractivity contribution is -0.144. The number of carboxylic acids is 1. The van der Waals surface area contributed by atoms with Gasteiger partial charge in [0.1, 0.15) is 11.6 Å². The topological polar surface area (TPSA) is 75.6 Å². The predicted octanol–water partition coefficient (Wildman–Crippen LogP) is 2.90. The molecule has 1 aliphatic rings. The van der Waals surface area contributed by atoms with Crippen molar-refractivity contribution in [3.05, 3.63) is 29.6 Å². The van der Waals surface area contributed by atoms with Gasteiger partial charge in [-0.2, -0.15) is 0 Å². The summed E-state index contributed by atoms with van der Waals surface area (Å²) in [5, 5.41) is 11.9. The van der Waals surface area contributed by atoms with Crippen molar-refractivity contribution in [1.82, 2.24) is 5.32 Å². The van der Waals surface area contributed by atoms with Crippen LogP contribution < -0.4 is 10.1 Å². The molecule has 1 aliphatic carbocycles. The lowest BCUT2D eigenvalue weighted by Gasteiger charge is -2.27. The smallest absolute Gasteiger partial charge is 0.306 e. The van der Waals surface area contributed by atoms with Crippen LogP contribution in [0.4, 0.5) is 4.39 Å². The molecule has 1 amide bonds. The third-order valence-corrected chi connectivity index (χ3v) is 4.46. The van der Waals surface area contributed by atoms with E-state index in [1.54, 1.807) is 6.92 Å². The van der Waals surface area contributed by atoms with Gasteiger partial charge in [-0.1, -0.05) is 0 Å². The normalized spacial score (nSPS) is 22.2. The molecule has 2 rings (SSSR count). The standard InChI is InChI=1S/C17H22FNO4/c1-10(14-9-13(18)7-8-15(14)23-2)19-16(20)11-3-5-12(6-4-11)17(21)22/h7-12H,3-6H2,1-2H3,(H,19,20)(H,21,22). The number of carbonyl (C=O) groups is 2. The maximum atomic E-state index is 13.4. The molecule has 1 atom stereocenters. The molecule has 0 bridgehead atoms. The number of rotatable bonds is 5. The Morgan fingerprint density at radius 3 is 2.43 bits per heavy atom. The molecule has 2 N–H and O–H groups in total. The highest BCUT2D eigenvalue weighted by Gasteiger charge is 2.30. The van der Waals surface area contributed by atoms with Crippen molar-refractivity contribution in [3.63, 3.8) is 0 Å². The van der Waals surface area contributed by atoms with Gasteiger partial charge in [0, 0.05) is 11.5 Å². The molecule has 1 fully saturated rings. The van der Waals surface area contributed by atoms with Gasteiger partial charge in [0.2, 0.25) is 5.91 Å². The molecule has 1 saturated carbocycles. The second-order valence-electron chi connectivity index (χ2n) is 6.00.